The van der Waals surface area contributed by atoms with E-state index in [1.54, 1.807) is 13.1 Å². The van der Waals surface area contributed by atoms with Gasteiger partial charge in [-0.05, 0) is 61.6 Å². The molecule has 0 bridgehead atoms. The summed E-state index contributed by atoms with van der Waals surface area (Å²) < 4.78 is 5.58. The van der Waals surface area contributed by atoms with E-state index in [-0.39, 0.29) is 23.9 Å². The van der Waals surface area contributed by atoms with E-state index in [9.17, 15) is 4.79 Å². The lowest BCUT2D eigenvalue weighted by atomic mass is 9.78. The van der Waals surface area contributed by atoms with Crippen LogP contribution in [-0.4, -0.2) is 35.1 Å². The molecule has 31 heavy (non-hydrogen) atoms. The number of carbonyl (C=O) groups excluding carboxylic acids is 1. The summed E-state index contributed by atoms with van der Waals surface area (Å²) in [7, 11) is 0. The standard InChI is InChI=1S/C25H32N4O2/c1-15-13-27-23(14-26-15)28-24-16(2)25(19-4-5-19)29(17(3)30)22-7-6-20(12-21(22)24)18-8-10-31-11-9-18/h6-7,12-14,16,18-19,24-25H,4-5,8-11H2,1-3H3,(H,27,28)/t16-,24?,25-/m1/s1. The monoisotopic (exact) mass is 420 g/mol. The van der Waals surface area contributed by atoms with Crippen molar-refractivity contribution in [1.82, 2.24) is 9.97 Å². The maximum absolute atomic E-state index is 12.8. The second-order valence-electron chi connectivity index (χ2n) is 9.45. The molecule has 1 aromatic carbocycles. The topological polar surface area (TPSA) is 67.3 Å². The summed E-state index contributed by atoms with van der Waals surface area (Å²) in [5.74, 6) is 2.29. The molecule has 2 fully saturated rings. The van der Waals surface area contributed by atoms with Gasteiger partial charge in [-0.3, -0.25) is 9.78 Å². The van der Waals surface area contributed by atoms with E-state index in [1.165, 1.54) is 24.0 Å². The number of aryl methyl sites for hydroxylation is 1. The van der Waals surface area contributed by atoms with Gasteiger partial charge in [-0.15, -0.1) is 0 Å². The molecule has 1 aromatic heterocycles. The first-order valence-electron chi connectivity index (χ1n) is 11.6. The van der Waals surface area contributed by atoms with E-state index >= 15 is 0 Å². The number of nitrogens with zero attached hydrogens (tertiary/aromatic N) is 3. The highest BCUT2D eigenvalue weighted by atomic mass is 16.5. The van der Waals surface area contributed by atoms with Crippen LogP contribution in [0, 0.1) is 18.8 Å². The first-order valence-corrected chi connectivity index (χ1v) is 11.6. The van der Waals surface area contributed by atoms with E-state index in [4.69, 9.17) is 4.74 Å². The second kappa shape index (κ2) is 8.23. The van der Waals surface area contributed by atoms with Crippen LogP contribution >= 0.6 is 0 Å². The fourth-order valence-corrected chi connectivity index (χ4v) is 5.50. The third-order valence-corrected chi connectivity index (χ3v) is 7.23. The number of ether oxygens (including phenoxy) is 1. The lowest BCUT2D eigenvalue weighted by Crippen LogP contribution is -2.51. The smallest absolute Gasteiger partial charge is 0.224 e. The van der Waals surface area contributed by atoms with Crippen LogP contribution in [0.25, 0.3) is 0 Å². The Morgan fingerprint density at radius 1 is 1.13 bits per heavy atom. The highest BCUT2D eigenvalue weighted by molar-refractivity contribution is 5.94. The number of benzene rings is 1. The van der Waals surface area contributed by atoms with Crippen LogP contribution in [0.1, 0.15) is 68.3 Å². The third kappa shape index (κ3) is 3.93. The normalized spacial score (nSPS) is 26.4. The number of rotatable bonds is 4. The largest absolute Gasteiger partial charge is 0.381 e. The minimum atomic E-state index is 0.0907. The molecule has 6 heteroatoms. The Balaban J connectivity index is 1.57. The molecule has 0 spiro atoms. The van der Waals surface area contributed by atoms with Crippen molar-refractivity contribution in [1.29, 1.82) is 0 Å². The minimum absolute atomic E-state index is 0.0907. The van der Waals surface area contributed by atoms with Gasteiger partial charge in [-0.1, -0.05) is 19.1 Å². The number of nitrogens with one attached hydrogen (secondary N) is 1. The van der Waals surface area contributed by atoms with E-state index in [2.05, 4.69) is 45.3 Å². The van der Waals surface area contributed by atoms with Gasteiger partial charge in [-0.25, -0.2) is 4.98 Å². The molecule has 6 nitrogen and oxygen atoms in total. The van der Waals surface area contributed by atoms with Crippen LogP contribution < -0.4 is 10.2 Å². The number of hydrogen-bond donors (Lipinski definition) is 1. The van der Waals surface area contributed by atoms with Crippen LogP contribution in [0.4, 0.5) is 11.5 Å². The molecular weight excluding hydrogens is 388 g/mol. The fraction of sp³-hybridized carbons (Fsp3) is 0.560. The van der Waals surface area contributed by atoms with Gasteiger partial charge in [0, 0.05) is 37.8 Å². The zero-order valence-electron chi connectivity index (χ0n) is 18.7. The van der Waals surface area contributed by atoms with Gasteiger partial charge in [0.15, 0.2) is 0 Å². The maximum Gasteiger partial charge on any atom is 0.224 e. The molecule has 1 aliphatic carbocycles. The summed E-state index contributed by atoms with van der Waals surface area (Å²) in [6.45, 7) is 7.58. The van der Waals surface area contributed by atoms with Crippen molar-refractivity contribution in [2.45, 2.75) is 64.5 Å². The SMILES string of the molecule is CC(=O)N1c2ccc(C3CCOCC3)cc2C(Nc2cnc(C)cn2)[C@@H](C)[C@@H]1C1CC1. The molecule has 164 valence electrons. The molecule has 1 amide bonds. The van der Waals surface area contributed by atoms with Gasteiger partial charge in [0.1, 0.15) is 5.82 Å². The van der Waals surface area contributed by atoms with E-state index < -0.39 is 0 Å². The van der Waals surface area contributed by atoms with Gasteiger partial charge >= 0.3 is 0 Å². The van der Waals surface area contributed by atoms with Crippen LogP contribution in [0.5, 0.6) is 0 Å². The van der Waals surface area contributed by atoms with E-state index in [1.807, 2.05) is 13.1 Å². The summed E-state index contributed by atoms with van der Waals surface area (Å²) in [5, 5.41) is 3.68. The molecule has 3 heterocycles. The number of hydrogen-bond acceptors (Lipinski definition) is 5. The number of amides is 1. The van der Waals surface area contributed by atoms with Gasteiger partial charge < -0.3 is 15.0 Å². The van der Waals surface area contributed by atoms with Crippen molar-refractivity contribution in [3.8, 4) is 0 Å². The molecule has 3 atom stereocenters. The Kier molecular flexibility index (Phi) is 5.42. The molecule has 0 radical (unpaired) electrons. The predicted octanol–water partition coefficient (Wildman–Crippen LogP) is 4.61. The maximum atomic E-state index is 12.8. The quantitative estimate of drug-likeness (QED) is 0.782. The summed E-state index contributed by atoms with van der Waals surface area (Å²) >= 11 is 0. The van der Waals surface area contributed by atoms with Gasteiger partial charge in [-0.2, -0.15) is 0 Å². The van der Waals surface area contributed by atoms with Crippen molar-refractivity contribution in [3.63, 3.8) is 0 Å². The number of anilines is 2. The molecule has 1 unspecified atom stereocenters. The Hall–Kier alpha value is -2.47. The Morgan fingerprint density at radius 2 is 1.90 bits per heavy atom. The van der Waals surface area contributed by atoms with Crippen molar-refractivity contribution in [3.05, 3.63) is 47.4 Å². The predicted molar refractivity (Wildman–Crippen MR) is 121 cm³/mol. The summed E-state index contributed by atoms with van der Waals surface area (Å²) in [5.41, 5.74) is 4.51. The molecule has 1 saturated heterocycles. The van der Waals surface area contributed by atoms with Crippen molar-refractivity contribution in [2.24, 2.45) is 11.8 Å². The molecule has 2 aromatic rings. The Labute approximate surface area is 184 Å². The summed E-state index contributed by atoms with van der Waals surface area (Å²) in [4.78, 5) is 23.9. The molecule has 1 N–H and O–H groups in total. The average molecular weight is 421 g/mol. The zero-order valence-corrected chi connectivity index (χ0v) is 18.7. The second-order valence-corrected chi connectivity index (χ2v) is 9.45. The fourth-order valence-electron chi connectivity index (χ4n) is 5.50. The Morgan fingerprint density at radius 3 is 2.55 bits per heavy atom. The van der Waals surface area contributed by atoms with Crippen molar-refractivity contribution >= 4 is 17.4 Å². The average Bonchev–Trinajstić information content (AvgIpc) is 3.62. The third-order valence-electron chi connectivity index (χ3n) is 7.23. The van der Waals surface area contributed by atoms with Crippen LogP contribution in [0.2, 0.25) is 0 Å². The molecular formula is C25H32N4O2. The number of fused-ring (bicyclic) bond motifs is 1. The number of carbonyl (C=O) groups is 1. The van der Waals surface area contributed by atoms with Crippen molar-refractivity contribution in [2.75, 3.05) is 23.4 Å². The minimum Gasteiger partial charge on any atom is -0.381 e. The van der Waals surface area contributed by atoms with Crippen LogP contribution in [0.3, 0.4) is 0 Å². The zero-order chi connectivity index (χ0) is 21.5. The van der Waals surface area contributed by atoms with E-state index in [0.717, 1.165) is 43.3 Å². The molecule has 3 aliphatic rings. The van der Waals surface area contributed by atoms with Crippen molar-refractivity contribution < 1.29 is 9.53 Å². The summed E-state index contributed by atoms with van der Waals surface area (Å²) in [6, 6.07) is 7.05. The first-order chi connectivity index (χ1) is 15.0. The molecule has 2 aliphatic heterocycles. The number of aromatic nitrogens is 2. The van der Waals surface area contributed by atoms with Crippen LogP contribution in [-0.2, 0) is 9.53 Å². The summed E-state index contributed by atoms with van der Waals surface area (Å²) in [6.07, 6.45) is 8.12. The lowest BCUT2D eigenvalue weighted by molar-refractivity contribution is -0.117. The lowest BCUT2D eigenvalue weighted by Gasteiger charge is -2.46. The first kappa shape index (κ1) is 20.4. The van der Waals surface area contributed by atoms with Crippen LogP contribution in [0.15, 0.2) is 30.6 Å². The van der Waals surface area contributed by atoms with E-state index in [0.29, 0.717) is 11.8 Å². The van der Waals surface area contributed by atoms with Gasteiger partial charge in [0.05, 0.1) is 24.1 Å². The molecule has 5 rings (SSSR count). The highest BCUT2D eigenvalue weighted by Gasteiger charge is 2.47. The van der Waals surface area contributed by atoms with Gasteiger partial charge in [0.25, 0.3) is 0 Å². The van der Waals surface area contributed by atoms with Gasteiger partial charge in [0.2, 0.25) is 5.91 Å². The Bertz CT molecular complexity index is 950. The molecule has 1 saturated carbocycles. The highest BCUT2D eigenvalue weighted by Crippen LogP contribution is 2.50.